The molecule has 0 heterocycles. The third kappa shape index (κ3) is 34.8. The van der Waals surface area contributed by atoms with Crippen LogP contribution in [0.2, 0.25) is 0 Å². The molecule has 2 atom stereocenters. The molecule has 0 aliphatic carbocycles. The van der Waals surface area contributed by atoms with Crippen LogP contribution in [0.3, 0.4) is 0 Å². The summed E-state index contributed by atoms with van der Waals surface area (Å²) in [7, 11) is 1.37. The van der Waals surface area contributed by atoms with Gasteiger partial charge in [0.15, 0.2) is 0 Å². The third-order valence-corrected chi connectivity index (χ3v) is 9.37. The van der Waals surface area contributed by atoms with Crippen molar-refractivity contribution in [2.75, 3.05) is 54.1 Å². The molecule has 0 fully saturated rings. The van der Waals surface area contributed by atoms with Gasteiger partial charge in [-0.25, -0.2) is 0 Å². The van der Waals surface area contributed by atoms with E-state index in [0.717, 1.165) is 32.1 Å². The number of rotatable bonds is 36. The maximum absolute atomic E-state index is 12.5. The van der Waals surface area contributed by atoms with Gasteiger partial charge in [0.05, 0.1) is 34.4 Å². The smallest absolute Gasteiger partial charge is 0.306 e. The van der Waals surface area contributed by atoms with Crippen LogP contribution in [-0.2, 0) is 27.9 Å². The second kappa shape index (κ2) is 31.7. The number of esters is 1. The Balaban J connectivity index is 4.17. The van der Waals surface area contributed by atoms with Crippen molar-refractivity contribution in [1.29, 1.82) is 0 Å². The van der Waals surface area contributed by atoms with Crippen molar-refractivity contribution >= 4 is 13.8 Å². The first-order valence-electron chi connectivity index (χ1n) is 19.3. The normalized spacial score (nSPS) is 14.0. The molecule has 0 aliphatic rings. The fraction of sp³-hybridized carbons (Fsp3) is 0.973. The number of likely N-dealkylation sites (N-methyl/N-ethyl adjacent to an activating group) is 1. The lowest BCUT2D eigenvalue weighted by Crippen LogP contribution is -2.37. The van der Waals surface area contributed by atoms with E-state index in [1.165, 1.54) is 122 Å². The number of hydrogen-bond donors (Lipinski definition) is 0. The van der Waals surface area contributed by atoms with Gasteiger partial charge in [0.2, 0.25) is 0 Å². The molecule has 276 valence electrons. The van der Waals surface area contributed by atoms with Crippen LogP contribution in [-0.4, -0.2) is 70.7 Å². The predicted molar refractivity (Wildman–Crippen MR) is 190 cm³/mol. The minimum absolute atomic E-state index is 0.0307. The zero-order valence-electron chi connectivity index (χ0n) is 31.0. The van der Waals surface area contributed by atoms with E-state index in [2.05, 4.69) is 13.8 Å². The Labute approximate surface area is 285 Å². The summed E-state index contributed by atoms with van der Waals surface area (Å²) in [5.74, 6) is -0.336. The predicted octanol–water partition coefficient (Wildman–Crippen LogP) is 9.91. The van der Waals surface area contributed by atoms with E-state index in [4.69, 9.17) is 18.5 Å². The average molecular weight is 678 g/mol. The van der Waals surface area contributed by atoms with E-state index in [9.17, 15) is 14.3 Å². The Bertz CT molecular complexity index is 716. The van der Waals surface area contributed by atoms with Crippen LogP contribution >= 0.6 is 7.82 Å². The Morgan fingerprint density at radius 3 is 1.43 bits per heavy atom. The number of nitrogens with zero attached hydrogens (tertiary/aromatic N) is 1. The van der Waals surface area contributed by atoms with Crippen LogP contribution in [0.15, 0.2) is 0 Å². The lowest BCUT2D eigenvalue weighted by molar-refractivity contribution is -0.870. The van der Waals surface area contributed by atoms with Crippen molar-refractivity contribution in [3.05, 3.63) is 0 Å². The third-order valence-electron chi connectivity index (χ3n) is 8.41. The van der Waals surface area contributed by atoms with Gasteiger partial charge in [-0.3, -0.25) is 9.36 Å². The zero-order chi connectivity index (χ0) is 34.2. The molecule has 0 spiro atoms. The molecular formula is C37H76NO7P. The molecule has 2 unspecified atom stereocenters. The molecule has 0 saturated carbocycles. The summed E-state index contributed by atoms with van der Waals surface area (Å²) in [5.41, 5.74) is 0. The first kappa shape index (κ1) is 45.5. The SMILES string of the molecule is CCCCCCCCCCCCCCCCCCOCC(COP(=O)([O-])OCC[N+](C)(C)C)OC(=O)CCCCCCCCCC. The fourth-order valence-corrected chi connectivity index (χ4v) is 6.10. The quantitative estimate of drug-likeness (QED) is 0.0282. The van der Waals surface area contributed by atoms with Gasteiger partial charge in [-0.05, 0) is 12.8 Å². The number of phosphoric ester groups is 1. The second-order valence-corrected chi connectivity index (χ2v) is 15.7. The van der Waals surface area contributed by atoms with Gasteiger partial charge < -0.3 is 27.9 Å². The highest BCUT2D eigenvalue weighted by molar-refractivity contribution is 7.45. The Morgan fingerprint density at radius 2 is 1.00 bits per heavy atom. The van der Waals surface area contributed by atoms with Gasteiger partial charge in [-0.2, -0.15) is 0 Å². The summed E-state index contributed by atoms with van der Waals surface area (Å²) in [6, 6.07) is 0. The van der Waals surface area contributed by atoms with Gasteiger partial charge in [0, 0.05) is 13.0 Å². The molecule has 8 nitrogen and oxygen atoms in total. The Kier molecular flexibility index (Phi) is 31.4. The summed E-state index contributed by atoms with van der Waals surface area (Å²) >= 11 is 0. The highest BCUT2D eigenvalue weighted by Gasteiger charge is 2.20. The molecule has 0 radical (unpaired) electrons. The van der Waals surface area contributed by atoms with Crippen LogP contribution in [0.1, 0.15) is 174 Å². The van der Waals surface area contributed by atoms with E-state index >= 15 is 0 Å². The van der Waals surface area contributed by atoms with Gasteiger partial charge in [0.1, 0.15) is 19.3 Å². The first-order chi connectivity index (χ1) is 22.1. The number of carbonyl (C=O) groups is 1. The molecule has 0 aliphatic heterocycles. The van der Waals surface area contributed by atoms with Gasteiger partial charge in [-0.15, -0.1) is 0 Å². The summed E-state index contributed by atoms with van der Waals surface area (Å²) in [6.45, 7) is 5.41. The molecule has 0 saturated heterocycles. The molecule has 46 heavy (non-hydrogen) atoms. The first-order valence-corrected chi connectivity index (χ1v) is 20.7. The number of phosphoric acid groups is 1. The molecule has 0 aromatic rings. The van der Waals surface area contributed by atoms with E-state index < -0.39 is 13.9 Å². The fourth-order valence-electron chi connectivity index (χ4n) is 5.37. The van der Waals surface area contributed by atoms with E-state index in [-0.39, 0.29) is 25.8 Å². The molecule has 0 amide bonds. The molecule has 0 bridgehead atoms. The zero-order valence-corrected chi connectivity index (χ0v) is 31.9. The average Bonchev–Trinajstić information content (AvgIpc) is 2.99. The van der Waals surface area contributed by atoms with Crippen molar-refractivity contribution in [2.24, 2.45) is 0 Å². The van der Waals surface area contributed by atoms with Gasteiger partial charge >= 0.3 is 5.97 Å². The van der Waals surface area contributed by atoms with Crippen molar-refractivity contribution in [3.63, 3.8) is 0 Å². The highest BCUT2D eigenvalue weighted by atomic mass is 31.2. The maximum atomic E-state index is 12.5. The van der Waals surface area contributed by atoms with Crippen LogP contribution in [0.25, 0.3) is 0 Å². The van der Waals surface area contributed by atoms with E-state index in [1.54, 1.807) is 0 Å². The Morgan fingerprint density at radius 1 is 0.587 bits per heavy atom. The number of carbonyl (C=O) groups excluding carboxylic acids is 1. The van der Waals surface area contributed by atoms with Crippen molar-refractivity contribution in [3.8, 4) is 0 Å². The molecule has 0 aromatic heterocycles. The molecule has 0 aromatic carbocycles. The number of unbranched alkanes of at least 4 members (excludes halogenated alkanes) is 22. The van der Waals surface area contributed by atoms with Crippen LogP contribution in [0, 0.1) is 0 Å². The van der Waals surface area contributed by atoms with Crippen molar-refractivity contribution < 1.29 is 37.3 Å². The highest BCUT2D eigenvalue weighted by Crippen LogP contribution is 2.38. The summed E-state index contributed by atoms with van der Waals surface area (Å²) < 4.78 is 34.4. The number of quaternary nitrogens is 1. The topological polar surface area (TPSA) is 94.1 Å². The van der Waals surface area contributed by atoms with Crippen LogP contribution < -0.4 is 4.89 Å². The largest absolute Gasteiger partial charge is 0.756 e. The molecule has 0 rings (SSSR count). The number of hydrogen-bond acceptors (Lipinski definition) is 7. The lowest BCUT2D eigenvalue weighted by Gasteiger charge is -2.28. The van der Waals surface area contributed by atoms with E-state index in [0.29, 0.717) is 24.1 Å². The van der Waals surface area contributed by atoms with Crippen LogP contribution in [0.4, 0.5) is 0 Å². The summed E-state index contributed by atoms with van der Waals surface area (Å²) in [5, 5.41) is 0. The van der Waals surface area contributed by atoms with E-state index in [1.807, 2.05) is 21.1 Å². The second-order valence-electron chi connectivity index (χ2n) is 14.3. The minimum Gasteiger partial charge on any atom is -0.756 e. The molecule has 9 heteroatoms. The maximum Gasteiger partial charge on any atom is 0.306 e. The molecule has 0 N–H and O–H groups in total. The standard InChI is InChI=1S/C37H76NO7P/c1-6-8-10-12-14-16-17-18-19-20-21-22-23-25-27-29-32-42-34-36(35-44-46(40,41)43-33-31-38(3,4)5)45-37(39)30-28-26-24-15-13-11-9-7-2/h36H,6-35H2,1-5H3. The van der Waals surface area contributed by atoms with Crippen molar-refractivity contribution in [2.45, 2.75) is 180 Å². The minimum atomic E-state index is -4.50. The molecular weight excluding hydrogens is 601 g/mol. The number of ether oxygens (including phenoxy) is 2. The lowest BCUT2D eigenvalue weighted by atomic mass is 10.0. The van der Waals surface area contributed by atoms with Crippen LogP contribution in [0.5, 0.6) is 0 Å². The monoisotopic (exact) mass is 678 g/mol. The van der Waals surface area contributed by atoms with Gasteiger partial charge in [0.25, 0.3) is 7.82 Å². The summed E-state index contributed by atoms with van der Waals surface area (Å²) in [6.07, 6.45) is 29.7. The van der Waals surface area contributed by atoms with Gasteiger partial charge in [-0.1, -0.05) is 155 Å². The Hall–Kier alpha value is -0.500. The summed E-state index contributed by atoms with van der Waals surface area (Å²) in [4.78, 5) is 24.8. The van der Waals surface area contributed by atoms with Crippen molar-refractivity contribution in [1.82, 2.24) is 0 Å².